The summed E-state index contributed by atoms with van der Waals surface area (Å²) in [6.07, 6.45) is 0. The van der Waals surface area contributed by atoms with E-state index in [1.807, 2.05) is 34.0 Å². The molecule has 0 aliphatic rings. The maximum atomic E-state index is 2.37. The number of hydrogen-bond donors (Lipinski definition) is 0. The highest BCUT2D eigenvalue weighted by molar-refractivity contribution is 7.26. The highest BCUT2D eigenvalue weighted by Gasteiger charge is 2.15. The van der Waals surface area contributed by atoms with Crippen molar-refractivity contribution in [3.8, 4) is 19.5 Å². The van der Waals surface area contributed by atoms with Gasteiger partial charge in [0.15, 0.2) is 0 Å². The molecule has 0 amide bonds. The van der Waals surface area contributed by atoms with E-state index in [4.69, 9.17) is 0 Å². The maximum absolute atomic E-state index is 2.37. The van der Waals surface area contributed by atoms with Crippen molar-refractivity contribution in [3.63, 3.8) is 0 Å². The molecular formula is C15H14S3. The topological polar surface area (TPSA) is 0 Å². The number of rotatable bonds is 3. The third-order valence-corrected chi connectivity index (χ3v) is 6.16. The van der Waals surface area contributed by atoms with E-state index in [0.717, 1.165) is 0 Å². The standard InChI is InChI=1S/C15H14S3/c1-10(2)11-9-14(12-5-3-7-16-12)18-15(11)13-6-4-8-17-13/h3-10H,1-2H3. The first kappa shape index (κ1) is 12.2. The summed E-state index contributed by atoms with van der Waals surface area (Å²) in [5, 5.41) is 4.30. The minimum atomic E-state index is 0.576. The fourth-order valence-corrected chi connectivity index (χ4v) is 4.99. The van der Waals surface area contributed by atoms with Gasteiger partial charge in [-0.25, -0.2) is 0 Å². The van der Waals surface area contributed by atoms with Gasteiger partial charge in [-0.1, -0.05) is 26.0 Å². The average molecular weight is 290 g/mol. The van der Waals surface area contributed by atoms with Gasteiger partial charge in [-0.05, 0) is 40.4 Å². The largest absolute Gasteiger partial charge is 0.143 e. The smallest absolute Gasteiger partial charge is 0.0484 e. The van der Waals surface area contributed by atoms with E-state index in [1.165, 1.54) is 25.1 Å². The summed E-state index contributed by atoms with van der Waals surface area (Å²) in [5.41, 5.74) is 1.48. The van der Waals surface area contributed by atoms with Crippen LogP contribution in [0.2, 0.25) is 0 Å². The van der Waals surface area contributed by atoms with Gasteiger partial charge < -0.3 is 0 Å². The Kier molecular flexibility index (Phi) is 3.37. The first-order chi connectivity index (χ1) is 8.75. The van der Waals surface area contributed by atoms with Crippen LogP contribution >= 0.6 is 34.0 Å². The molecule has 3 rings (SSSR count). The van der Waals surface area contributed by atoms with E-state index in [-0.39, 0.29) is 0 Å². The normalized spacial score (nSPS) is 11.3. The van der Waals surface area contributed by atoms with Crippen molar-refractivity contribution in [3.05, 3.63) is 46.7 Å². The van der Waals surface area contributed by atoms with Crippen molar-refractivity contribution in [2.45, 2.75) is 19.8 Å². The van der Waals surface area contributed by atoms with E-state index in [2.05, 4.69) is 54.9 Å². The molecule has 0 bridgehead atoms. The first-order valence-electron chi connectivity index (χ1n) is 5.97. The molecule has 18 heavy (non-hydrogen) atoms. The average Bonchev–Trinajstić information content (AvgIpc) is 3.10. The second-order valence-corrected chi connectivity index (χ2v) is 7.45. The summed E-state index contributed by atoms with van der Waals surface area (Å²) < 4.78 is 0. The summed E-state index contributed by atoms with van der Waals surface area (Å²) in [6.45, 7) is 4.55. The van der Waals surface area contributed by atoms with Crippen LogP contribution in [-0.4, -0.2) is 0 Å². The van der Waals surface area contributed by atoms with Gasteiger partial charge in [-0.3, -0.25) is 0 Å². The van der Waals surface area contributed by atoms with Crippen LogP contribution in [0.3, 0.4) is 0 Å². The summed E-state index contributed by atoms with van der Waals surface area (Å²) >= 11 is 5.58. The quantitative estimate of drug-likeness (QED) is 0.529. The zero-order chi connectivity index (χ0) is 12.5. The van der Waals surface area contributed by atoms with E-state index >= 15 is 0 Å². The van der Waals surface area contributed by atoms with E-state index in [0.29, 0.717) is 5.92 Å². The van der Waals surface area contributed by atoms with Gasteiger partial charge in [0.1, 0.15) is 0 Å². The lowest BCUT2D eigenvalue weighted by Gasteiger charge is -2.04. The summed E-state index contributed by atoms with van der Waals surface area (Å²) in [5.74, 6) is 0.576. The molecule has 0 unspecified atom stereocenters. The Morgan fingerprint density at radius 1 is 0.889 bits per heavy atom. The van der Waals surface area contributed by atoms with Gasteiger partial charge in [-0.15, -0.1) is 34.0 Å². The van der Waals surface area contributed by atoms with Crippen LogP contribution in [0, 0.1) is 0 Å². The molecule has 0 nitrogen and oxygen atoms in total. The van der Waals surface area contributed by atoms with Crippen molar-refractivity contribution in [2.75, 3.05) is 0 Å². The second-order valence-electron chi connectivity index (χ2n) is 4.50. The van der Waals surface area contributed by atoms with Crippen LogP contribution in [0.15, 0.2) is 41.1 Å². The zero-order valence-electron chi connectivity index (χ0n) is 10.3. The lowest BCUT2D eigenvalue weighted by Crippen LogP contribution is -1.84. The molecule has 0 aliphatic carbocycles. The molecule has 0 N–H and O–H groups in total. The Labute approximate surface area is 120 Å². The predicted molar refractivity (Wildman–Crippen MR) is 85.0 cm³/mol. The first-order valence-corrected chi connectivity index (χ1v) is 8.55. The van der Waals surface area contributed by atoms with Crippen molar-refractivity contribution < 1.29 is 0 Å². The Morgan fingerprint density at radius 3 is 2.11 bits per heavy atom. The van der Waals surface area contributed by atoms with Crippen LogP contribution in [0.1, 0.15) is 25.3 Å². The number of hydrogen-bond acceptors (Lipinski definition) is 3. The monoisotopic (exact) mass is 290 g/mol. The van der Waals surface area contributed by atoms with Gasteiger partial charge in [0, 0.05) is 19.5 Å². The van der Waals surface area contributed by atoms with Gasteiger partial charge >= 0.3 is 0 Å². The molecule has 0 saturated carbocycles. The minimum absolute atomic E-state index is 0.576. The van der Waals surface area contributed by atoms with Gasteiger partial charge in [0.05, 0.1) is 0 Å². The lowest BCUT2D eigenvalue weighted by atomic mass is 10.0. The van der Waals surface area contributed by atoms with E-state index in [1.54, 1.807) is 0 Å². The molecule has 0 radical (unpaired) electrons. The van der Waals surface area contributed by atoms with Crippen molar-refractivity contribution in [1.82, 2.24) is 0 Å². The molecule has 3 aromatic rings. The molecule has 92 valence electrons. The SMILES string of the molecule is CC(C)c1cc(-c2cccs2)sc1-c1cccs1. The predicted octanol–water partition coefficient (Wildman–Crippen LogP) is 6.33. The zero-order valence-corrected chi connectivity index (χ0v) is 12.8. The fourth-order valence-electron chi connectivity index (χ4n) is 1.97. The van der Waals surface area contributed by atoms with Crippen molar-refractivity contribution >= 4 is 34.0 Å². The molecule has 0 aliphatic heterocycles. The second kappa shape index (κ2) is 5.00. The highest BCUT2D eigenvalue weighted by atomic mass is 32.1. The maximum Gasteiger partial charge on any atom is 0.0484 e. The molecule has 0 spiro atoms. The summed E-state index contributed by atoms with van der Waals surface area (Å²) in [6, 6.07) is 11.1. The third kappa shape index (κ3) is 2.18. The van der Waals surface area contributed by atoms with Crippen LogP contribution in [0.5, 0.6) is 0 Å². The lowest BCUT2D eigenvalue weighted by molar-refractivity contribution is 0.875. The van der Waals surface area contributed by atoms with Crippen LogP contribution < -0.4 is 0 Å². The van der Waals surface area contributed by atoms with Crippen molar-refractivity contribution in [1.29, 1.82) is 0 Å². The molecule has 3 heterocycles. The van der Waals surface area contributed by atoms with Crippen LogP contribution in [0.4, 0.5) is 0 Å². The van der Waals surface area contributed by atoms with E-state index in [9.17, 15) is 0 Å². The Hall–Kier alpha value is -0.900. The summed E-state index contributed by atoms with van der Waals surface area (Å²) in [4.78, 5) is 5.62. The third-order valence-electron chi connectivity index (χ3n) is 2.89. The van der Waals surface area contributed by atoms with Gasteiger partial charge in [0.25, 0.3) is 0 Å². The van der Waals surface area contributed by atoms with Gasteiger partial charge in [0.2, 0.25) is 0 Å². The Morgan fingerprint density at radius 2 is 1.56 bits per heavy atom. The molecule has 0 saturated heterocycles. The molecule has 3 heteroatoms. The number of thiophene rings is 3. The van der Waals surface area contributed by atoms with Gasteiger partial charge in [-0.2, -0.15) is 0 Å². The molecule has 0 aromatic carbocycles. The fraction of sp³-hybridized carbons (Fsp3) is 0.200. The molecule has 3 aromatic heterocycles. The molecular weight excluding hydrogens is 276 g/mol. The van der Waals surface area contributed by atoms with E-state index < -0.39 is 0 Å². The molecule has 0 fully saturated rings. The highest BCUT2D eigenvalue weighted by Crippen LogP contribution is 2.43. The van der Waals surface area contributed by atoms with Crippen LogP contribution in [-0.2, 0) is 0 Å². The molecule has 0 atom stereocenters. The van der Waals surface area contributed by atoms with Crippen LogP contribution in [0.25, 0.3) is 19.5 Å². The Balaban J connectivity index is 2.13. The minimum Gasteiger partial charge on any atom is -0.143 e. The Bertz CT molecular complexity index is 613. The van der Waals surface area contributed by atoms with Crippen molar-refractivity contribution in [2.24, 2.45) is 0 Å². The summed E-state index contributed by atoms with van der Waals surface area (Å²) in [7, 11) is 0.